The van der Waals surface area contributed by atoms with Crippen LogP contribution in [0.4, 0.5) is 0 Å². The quantitative estimate of drug-likeness (QED) is 0.0757. The molecule has 0 amide bonds. The molecule has 0 aromatic carbocycles. The van der Waals surface area contributed by atoms with Gasteiger partial charge in [0, 0.05) is 5.92 Å². The molecular formula is C34H63O. The maximum Gasteiger partial charge on any atom is 0.201 e. The largest absolute Gasteiger partial charge is 0.291 e. The van der Waals surface area contributed by atoms with E-state index >= 15 is 0 Å². The van der Waals surface area contributed by atoms with Crippen LogP contribution in [0.2, 0.25) is 0 Å². The van der Waals surface area contributed by atoms with Crippen molar-refractivity contribution in [2.24, 2.45) is 5.92 Å². The summed E-state index contributed by atoms with van der Waals surface area (Å²) in [6, 6.07) is 0. The number of hydrogen-bond donors (Lipinski definition) is 0. The molecule has 35 heavy (non-hydrogen) atoms. The Balaban J connectivity index is 3.35. The van der Waals surface area contributed by atoms with E-state index in [-0.39, 0.29) is 5.92 Å². The van der Waals surface area contributed by atoms with Crippen molar-refractivity contribution in [3.05, 3.63) is 24.3 Å². The molecule has 1 heteroatoms. The monoisotopic (exact) mass is 487 g/mol. The molecule has 1 unspecified atom stereocenters. The van der Waals surface area contributed by atoms with Crippen LogP contribution in [0.25, 0.3) is 0 Å². The second-order valence-electron chi connectivity index (χ2n) is 10.9. The van der Waals surface area contributed by atoms with Gasteiger partial charge in [-0.3, -0.25) is 4.79 Å². The molecule has 0 aromatic rings. The van der Waals surface area contributed by atoms with E-state index in [0.717, 1.165) is 19.3 Å². The van der Waals surface area contributed by atoms with Crippen LogP contribution < -0.4 is 0 Å². The van der Waals surface area contributed by atoms with Gasteiger partial charge >= 0.3 is 0 Å². The molecule has 0 spiro atoms. The van der Waals surface area contributed by atoms with Gasteiger partial charge in [0.2, 0.25) is 6.29 Å². The fraction of sp³-hybridized carbons (Fsp3) is 0.853. The van der Waals surface area contributed by atoms with Crippen LogP contribution in [0.5, 0.6) is 0 Å². The summed E-state index contributed by atoms with van der Waals surface area (Å²) in [6.07, 6.45) is 45.8. The third-order valence-corrected chi connectivity index (χ3v) is 7.33. The van der Waals surface area contributed by atoms with Gasteiger partial charge < -0.3 is 0 Å². The summed E-state index contributed by atoms with van der Waals surface area (Å²) < 4.78 is 0. The lowest BCUT2D eigenvalue weighted by atomic mass is 9.95. The summed E-state index contributed by atoms with van der Waals surface area (Å²) in [4.78, 5) is 11.3. The normalized spacial score (nSPS) is 12.7. The van der Waals surface area contributed by atoms with Crippen LogP contribution in [-0.2, 0) is 4.79 Å². The molecule has 0 aliphatic rings. The van der Waals surface area contributed by atoms with Gasteiger partial charge in [-0.15, -0.1) is 0 Å². The van der Waals surface area contributed by atoms with Crippen LogP contribution in [0.1, 0.15) is 181 Å². The zero-order valence-corrected chi connectivity index (χ0v) is 24.2. The molecule has 0 heterocycles. The van der Waals surface area contributed by atoms with Crippen LogP contribution in [-0.4, -0.2) is 6.29 Å². The average molecular weight is 488 g/mol. The summed E-state index contributed by atoms with van der Waals surface area (Å²) in [7, 11) is 0. The van der Waals surface area contributed by atoms with E-state index in [4.69, 9.17) is 0 Å². The van der Waals surface area contributed by atoms with E-state index in [9.17, 15) is 4.79 Å². The smallest absolute Gasteiger partial charge is 0.201 e. The van der Waals surface area contributed by atoms with Crippen molar-refractivity contribution in [1.29, 1.82) is 0 Å². The lowest BCUT2D eigenvalue weighted by Crippen LogP contribution is -2.02. The molecule has 0 fully saturated rings. The van der Waals surface area contributed by atoms with Crippen molar-refractivity contribution < 1.29 is 4.79 Å². The first-order valence-electron chi connectivity index (χ1n) is 16.0. The Morgan fingerprint density at radius 2 is 0.800 bits per heavy atom. The highest BCUT2D eigenvalue weighted by atomic mass is 16.1. The highest BCUT2D eigenvalue weighted by molar-refractivity contribution is 5.54. The molecule has 1 atom stereocenters. The van der Waals surface area contributed by atoms with Gasteiger partial charge in [-0.05, 0) is 44.9 Å². The van der Waals surface area contributed by atoms with Crippen molar-refractivity contribution >= 4 is 6.29 Å². The van der Waals surface area contributed by atoms with Crippen molar-refractivity contribution in [3.8, 4) is 0 Å². The van der Waals surface area contributed by atoms with Crippen molar-refractivity contribution in [2.75, 3.05) is 0 Å². The van der Waals surface area contributed by atoms with Crippen LogP contribution in [0.15, 0.2) is 24.3 Å². The number of hydrogen-bond acceptors (Lipinski definition) is 1. The van der Waals surface area contributed by atoms with Gasteiger partial charge in [0.25, 0.3) is 0 Å². The molecular weight excluding hydrogens is 424 g/mol. The Kier molecular flexibility index (Phi) is 30.4. The Morgan fingerprint density at radius 3 is 1.23 bits per heavy atom. The summed E-state index contributed by atoms with van der Waals surface area (Å²) in [5.74, 6) is 0.198. The highest BCUT2D eigenvalue weighted by Crippen LogP contribution is 2.18. The minimum atomic E-state index is 0.198. The Hall–Kier alpha value is -0.850. The number of allylic oxidation sites excluding steroid dienone is 4. The van der Waals surface area contributed by atoms with E-state index in [1.807, 2.05) is 0 Å². The lowest BCUT2D eigenvalue weighted by molar-refractivity contribution is 0.449. The summed E-state index contributed by atoms with van der Waals surface area (Å²) >= 11 is 0. The molecule has 0 saturated carbocycles. The fourth-order valence-electron chi connectivity index (χ4n) is 4.87. The minimum Gasteiger partial charge on any atom is -0.291 e. The fourth-order valence-corrected chi connectivity index (χ4v) is 4.87. The van der Waals surface area contributed by atoms with E-state index < -0.39 is 0 Å². The van der Waals surface area contributed by atoms with Gasteiger partial charge in [0.1, 0.15) is 0 Å². The maximum atomic E-state index is 11.3. The van der Waals surface area contributed by atoms with Gasteiger partial charge in [0.05, 0.1) is 0 Å². The molecule has 0 bridgehead atoms. The lowest BCUT2D eigenvalue weighted by Gasteiger charge is -2.09. The first-order chi connectivity index (χ1) is 17.3. The summed E-state index contributed by atoms with van der Waals surface area (Å²) in [6.45, 7) is 4.55. The van der Waals surface area contributed by atoms with Crippen LogP contribution >= 0.6 is 0 Å². The summed E-state index contributed by atoms with van der Waals surface area (Å²) in [5.41, 5.74) is 0. The number of carbonyl (C=O) groups excluding carboxylic acids is 1. The van der Waals surface area contributed by atoms with Crippen LogP contribution in [0, 0.1) is 5.92 Å². The molecule has 205 valence electrons. The maximum absolute atomic E-state index is 11.3. The highest BCUT2D eigenvalue weighted by Gasteiger charge is 2.07. The van der Waals surface area contributed by atoms with E-state index in [0.29, 0.717) is 0 Å². The van der Waals surface area contributed by atoms with Crippen molar-refractivity contribution in [3.63, 3.8) is 0 Å². The molecule has 0 aromatic heterocycles. The average Bonchev–Trinajstić information content (AvgIpc) is 2.87. The van der Waals surface area contributed by atoms with Crippen LogP contribution in [0.3, 0.4) is 0 Å². The van der Waals surface area contributed by atoms with Crippen molar-refractivity contribution in [2.45, 2.75) is 181 Å². The first kappa shape index (κ1) is 34.1. The van der Waals surface area contributed by atoms with Crippen molar-refractivity contribution in [1.82, 2.24) is 0 Å². The second kappa shape index (κ2) is 31.2. The van der Waals surface area contributed by atoms with E-state index in [1.54, 1.807) is 0 Å². The molecule has 0 rings (SSSR count). The van der Waals surface area contributed by atoms with Gasteiger partial charge in [-0.2, -0.15) is 0 Å². The summed E-state index contributed by atoms with van der Waals surface area (Å²) in [5, 5.41) is 0. The SMILES string of the molecule is CCCCC/C=C\C/C=C\CCCCCCCCC([C]=O)CCCCCCCCCCCCCC. The molecule has 0 aliphatic heterocycles. The first-order valence-corrected chi connectivity index (χ1v) is 16.0. The topological polar surface area (TPSA) is 17.1 Å². The predicted octanol–water partition coefficient (Wildman–Crippen LogP) is 12.0. The zero-order chi connectivity index (χ0) is 25.5. The predicted molar refractivity (Wildman–Crippen MR) is 159 cm³/mol. The Bertz CT molecular complexity index is 450. The third kappa shape index (κ3) is 29.3. The molecule has 1 nitrogen and oxygen atoms in total. The Labute approximate surface area is 222 Å². The third-order valence-electron chi connectivity index (χ3n) is 7.33. The second-order valence-corrected chi connectivity index (χ2v) is 10.9. The van der Waals surface area contributed by atoms with Gasteiger partial charge in [-0.1, -0.05) is 160 Å². The minimum absolute atomic E-state index is 0.198. The molecule has 0 aliphatic carbocycles. The van der Waals surface area contributed by atoms with Gasteiger partial charge in [-0.25, -0.2) is 0 Å². The molecule has 0 saturated heterocycles. The van der Waals surface area contributed by atoms with Gasteiger partial charge in [0.15, 0.2) is 0 Å². The van der Waals surface area contributed by atoms with E-state index in [2.05, 4.69) is 44.4 Å². The Morgan fingerprint density at radius 1 is 0.457 bits per heavy atom. The zero-order valence-electron chi connectivity index (χ0n) is 24.2. The number of rotatable bonds is 29. The number of unbranched alkanes of at least 4 members (excludes halogenated alkanes) is 20. The molecule has 0 N–H and O–H groups in total. The molecule has 1 radical (unpaired) electrons. The van der Waals surface area contributed by atoms with E-state index in [1.165, 1.54) is 148 Å². The standard InChI is InChI=1S/C34H63O/c1-3-5-7-9-11-13-15-17-18-19-20-22-24-26-28-30-32-34(33-35)31-29-27-25-23-21-16-14-12-10-8-6-4-2/h11,13,17-18,34H,3-10,12,14-16,19-32H2,1-2H3/b13-11-,18-17-.